The molecule has 0 amide bonds. The molecule has 0 saturated carbocycles. The van der Waals surface area contributed by atoms with Gasteiger partial charge in [-0.1, -0.05) is 13.0 Å². The minimum absolute atomic E-state index is 0.751. The van der Waals surface area contributed by atoms with Gasteiger partial charge in [0.15, 0.2) is 5.96 Å². The number of hydrogen-bond acceptors (Lipinski definition) is 3. The lowest BCUT2D eigenvalue weighted by Gasteiger charge is -2.16. The normalized spacial score (nSPS) is 20.3. The van der Waals surface area contributed by atoms with Crippen LogP contribution >= 0.6 is 11.3 Å². The molecule has 0 aromatic carbocycles. The van der Waals surface area contributed by atoms with E-state index in [4.69, 9.17) is 0 Å². The van der Waals surface area contributed by atoms with Crippen LogP contribution < -0.4 is 10.6 Å². The lowest BCUT2D eigenvalue weighted by Crippen LogP contribution is -2.40. The fourth-order valence-corrected chi connectivity index (χ4v) is 3.14. The Bertz CT molecular complexity index is 402. The molecule has 1 aromatic rings. The molecular weight excluding hydrogens is 268 g/mol. The molecule has 0 radical (unpaired) electrons. The number of likely N-dealkylation sites (tertiary alicyclic amines) is 1. The second kappa shape index (κ2) is 8.27. The first-order valence-electron chi connectivity index (χ1n) is 7.58. The van der Waals surface area contributed by atoms with Crippen molar-refractivity contribution in [1.82, 2.24) is 15.5 Å². The predicted octanol–water partition coefficient (Wildman–Crippen LogP) is 2.15. The maximum Gasteiger partial charge on any atom is 0.191 e. The van der Waals surface area contributed by atoms with Gasteiger partial charge in [-0.3, -0.25) is 0 Å². The number of hydrogen-bond donors (Lipinski definition) is 2. The first-order chi connectivity index (χ1) is 9.81. The molecular formula is C15H26N4S. The number of guanidine groups is 1. The Morgan fingerprint density at radius 3 is 3.00 bits per heavy atom. The van der Waals surface area contributed by atoms with Crippen LogP contribution in [0.25, 0.3) is 0 Å². The van der Waals surface area contributed by atoms with Gasteiger partial charge < -0.3 is 15.5 Å². The minimum Gasteiger partial charge on any atom is -0.357 e. The maximum absolute atomic E-state index is 4.65. The van der Waals surface area contributed by atoms with Crippen LogP contribution in [0.1, 0.15) is 25.1 Å². The summed E-state index contributed by atoms with van der Waals surface area (Å²) in [5.41, 5.74) is 0. The summed E-state index contributed by atoms with van der Waals surface area (Å²) in [4.78, 5) is 8.47. The molecule has 2 heterocycles. The van der Waals surface area contributed by atoms with Crippen molar-refractivity contribution in [2.24, 2.45) is 10.9 Å². The van der Waals surface area contributed by atoms with Crippen molar-refractivity contribution in [2.45, 2.75) is 26.8 Å². The van der Waals surface area contributed by atoms with Crippen LogP contribution in [0.15, 0.2) is 22.5 Å². The fraction of sp³-hybridized carbons (Fsp3) is 0.667. The van der Waals surface area contributed by atoms with E-state index in [9.17, 15) is 0 Å². The predicted molar refractivity (Wildman–Crippen MR) is 87.4 cm³/mol. The second-order valence-corrected chi connectivity index (χ2v) is 6.24. The number of rotatable bonds is 6. The van der Waals surface area contributed by atoms with Crippen LogP contribution in [0.4, 0.5) is 0 Å². The number of aliphatic imine (C=N–C) groups is 1. The second-order valence-electron chi connectivity index (χ2n) is 5.20. The van der Waals surface area contributed by atoms with Crippen LogP contribution in [0.3, 0.4) is 0 Å². The molecule has 4 nitrogen and oxygen atoms in total. The number of thiophene rings is 1. The molecule has 1 unspecified atom stereocenters. The smallest absolute Gasteiger partial charge is 0.191 e. The van der Waals surface area contributed by atoms with Gasteiger partial charge in [0.1, 0.15) is 0 Å². The van der Waals surface area contributed by atoms with E-state index < -0.39 is 0 Å². The quantitative estimate of drug-likeness (QED) is 0.624. The Kier molecular flexibility index (Phi) is 6.33. The number of nitrogens with zero attached hydrogens (tertiary/aromatic N) is 2. The van der Waals surface area contributed by atoms with Crippen molar-refractivity contribution < 1.29 is 0 Å². The molecule has 1 aliphatic rings. The summed E-state index contributed by atoms with van der Waals surface area (Å²) < 4.78 is 0. The third kappa shape index (κ3) is 4.80. The van der Waals surface area contributed by atoms with Gasteiger partial charge in [-0.2, -0.15) is 0 Å². The highest BCUT2D eigenvalue weighted by Gasteiger charge is 2.20. The first kappa shape index (κ1) is 15.3. The van der Waals surface area contributed by atoms with Gasteiger partial charge in [0.2, 0.25) is 0 Å². The standard InChI is InChI=1S/C15H26N4S/c1-3-16-15(18-11-14-6-5-9-20-14)17-10-13-7-8-19(4-2)12-13/h5-6,9,13H,3-4,7-8,10-12H2,1-2H3,(H2,16,17,18). The van der Waals surface area contributed by atoms with Gasteiger partial charge in [-0.05, 0) is 43.8 Å². The van der Waals surface area contributed by atoms with Crippen LogP contribution in [0.2, 0.25) is 0 Å². The molecule has 1 saturated heterocycles. The molecule has 0 bridgehead atoms. The monoisotopic (exact) mass is 294 g/mol. The fourth-order valence-electron chi connectivity index (χ4n) is 2.51. The van der Waals surface area contributed by atoms with E-state index in [2.05, 4.69) is 51.9 Å². The van der Waals surface area contributed by atoms with Crippen LogP contribution in [0, 0.1) is 5.92 Å². The van der Waals surface area contributed by atoms with Crippen LogP contribution in [0.5, 0.6) is 0 Å². The summed E-state index contributed by atoms with van der Waals surface area (Å²) in [7, 11) is 0. The highest BCUT2D eigenvalue weighted by molar-refractivity contribution is 7.09. The summed E-state index contributed by atoms with van der Waals surface area (Å²) in [6.07, 6.45) is 1.30. The molecule has 1 aliphatic heterocycles. The van der Waals surface area contributed by atoms with Gasteiger partial charge in [0, 0.05) is 24.5 Å². The lowest BCUT2D eigenvalue weighted by molar-refractivity contribution is 0.342. The van der Waals surface area contributed by atoms with Crippen LogP contribution in [-0.2, 0) is 6.54 Å². The van der Waals surface area contributed by atoms with Gasteiger partial charge in [-0.25, -0.2) is 4.99 Å². The van der Waals surface area contributed by atoms with Gasteiger partial charge in [0.25, 0.3) is 0 Å². The van der Waals surface area contributed by atoms with Crippen molar-refractivity contribution in [1.29, 1.82) is 0 Å². The molecule has 2 rings (SSSR count). The molecule has 1 atom stereocenters. The third-order valence-corrected chi connectivity index (χ3v) is 4.55. The summed E-state index contributed by atoms with van der Waals surface area (Å²) in [5, 5.41) is 8.91. The van der Waals surface area contributed by atoms with Crippen molar-refractivity contribution in [3.8, 4) is 0 Å². The summed E-state index contributed by atoms with van der Waals surface area (Å²) >= 11 is 1.76. The van der Waals surface area contributed by atoms with E-state index >= 15 is 0 Å². The van der Waals surface area contributed by atoms with Crippen LogP contribution in [-0.4, -0.2) is 43.6 Å². The van der Waals surface area contributed by atoms with Crippen molar-refractivity contribution in [3.63, 3.8) is 0 Å². The lowest BCUT2D eigenvalue weighted by atomic mass is 10.1. The zero-order chi connectivity index (χ0) is 14.2. The van der Waals surface area contributed by atoms with Crippen molar-refractivity contribution in [3.05, 3.63) is 22.4 Å². The maximum atomic E-state index is 4.65. The van der Waals surface area contributed by atoms with Gasteiger partial charge in [0.05, 0.1) is 6.54 Å². The average Bonchev–Trinajstić information content (AvgIpc) is 3.13. The summed E-state index contributed by atoms with van der Waals surface area (Å²) in [6.45, 7) is 10.7. The SMILES string of the molecule is CCNC(=NCc1cccs1)NCC1CCN(CC)C1. The molecule has 20 heavy (non-hydrogen) atoms. The minimum atomic E-state index is 0.751. The summed E-state index contributed by atoms with van der Waals surface area (Å²) in [5.74, 6) is 1.69. The average molecular weight is 294 g/mol. The molecule has 0 spiro atoms. The number of nitrogens with one attached hydrogen (secondary N) is 2. The van der Waals surface area contributed by atoms with E-state index in [1.54, 1.807) is 11.3 Å². The largest absolute Gasteiger partial charge is 0.357 e. The first-order valence-corrected chi connectivity index (χ1v) is 8.46. The Hall–Kier alpha value is -1.07. The molecule has 1 aromatic heterocycles. The molecule has 5 heteroatoms. The van der Waals surface area contributed by atoms with Crippen molar-refractivity contribution >= 4 is 17.3 Å². The van der Waals surface area contributed by atoms with E-state index in [1.807, 2.05) is 0 Å². The zero-order valence-electron chi connectivity index (χ0n) is 12.6. The highest BCUT2D eigenvalue weighted by Crippen LogP contribution is 2.14. The zero-order valence-corrected chi connectivity index (χ0v) is 13.4. The summed E-state index contributed by atoms with van der Waals surface area (Å²) in [6, 6.07) is 4.21. The highest BCUT2D eigenvalue weighted by atomic mass is 32.1. The van der Waals surface area contributed by atoms with E-state index in [1.165, 1.54) is 30.9 Å². The topological polar surface area (TPSA) is 39.7 Å². The molecule has 112 valence electrons. The van der Waals surface area contributed by atoms with E-state index in [0.29, 0.717) is 0 Å². The molecule has 2 N–H and O–H groups in total. The van der Waals surface area contributed by atoms with Gasteiger partial charge in [-0.15, -0.1) is 11.3 Å². The Morgan fingerprint density at radius 1 is 1.45 bits per heavy atom. The third-order valence-electron chi connectivity index (χ3n) is 3.69. The Morgan fingerprint density at radius 2 is 2.35 bits per heavy atom. The Balaban J connectivity index is 1.78. The van der Waals surface area contributed by atoms with E-state index in [-0.39, 0.29) is 0 Å². The molecule has 1 fully saturated rings. The molecule has 0 aliphatic carbocycles. The van der Waals surface area contributed by atoms with Gasteiger partial charge >= 0.3 is 0 Å². The Labute approximate surface area is 126 Å². The van der Waals surface area contributed by atoms with Crippen molar-refractivity contribution in [2.75, 3.05) is 32.7 Å². The van der Waals surface area contributed by atoms with E-state index in [0.717, 1.165) is 31.5 Å².